The highest BCUT2D eigenvalue weighted by atomic mass is 16.5. The molecule has 0 aromatic heterocycles. The number of nitrogen functional groups attached to an aromatic ring is 1. The molecular formula is C15H24N2O3. The number of aliphatic hydroxyl groups is 1. The Hall–Kier alpha value is -1.75. The molecule has 20 heavy (non-hydrogen) atoms. The van der Waals surface area contributed by atoms with Gasteiger partial charge in [-0.3, -0.25) is 4.79 Å². The van der Waals surface area contributed by atoms with Crippen molar-refractivity contribution in [1.82, 2.24) is 5.32 Å². The summed E-state index contributed by atoms with van der Waals surface area (Å²) in [5.74, 6) is 0.229. The molecule has 1 amide bonds. The number of methoxy groups -OCH3 is 1. The molecule has 0 aliphatic carbocycles. The predicted octanol–water partition coefficient (Wildman–Crippen LogP) is 1.81. The third kappa shape index (κ3) is 4.42. The second kappa shape index (κ2) is 7.14. The fourth-order valence-electron chi connectivity index (χ4n) is 2.02. The van der Waals surface area contributed by atoms with Crippen LogP contribution in [0.3, 0.4) is 0 Å². The van der Waals surface area contributed by atoms with Gasteiger partial charge < -0.3 is 20.9 Å². The molecule has 0 fully saturated rings. The standard InChI is InChI=1S/C15H24N2O3/c1-15(2,8-5-9-18)10-17-14(19)13-11(16)6-4-7-12(13)20-3/h4,6-7,18H,5,8-10,16H2,1-3H3,(H,17,19). The molecule has 0 heterocycles. The molecule has 0 bridgehead atoms. The molecular weight excluding hydrogens is 256 g/mol. The largest absolute Gasteiger partial charge is 0.496 e. The number of aliphatic hydroxyl groups excluding tert-OH is 1. The Kier molecular flexibility index (Phi) is 5.82. The van der Waals surface area contributed by atoms with Crippen LogP contribution in [-0.2, 0) is 0 Å². The summed E-state index contributed by atoms with van der Waals surface area (Å²) in [6.07, 6.45) is 1.56. The molecule has 5 nitrogen and oxygen atoms in total. The molecule has 0 aliphatic rings. The molecule has 0 spiro atoms. The predicted molar refractivity (Wildman–Crippen MR) is 79.8 cm³/mol. The lowest BCUT2D eigenvalue weighted by atomic mass is 9.88. The van der Waals surface area contributed by atoms with Crippen LogP contribution in [0, 0.1) is 5.41 Å². The molecule has 0 atom stereocenters. The Morgan fingerprint density at radius 2 is 2.15 bits per heavy atom. The molecule has 1 aromatic rings. The van der Waals surface area contributed by atoms with Gasteiger partial charge in [-0.1, -0.05) is 19.9 Å². The number of nitrogens with one attached hydrogen (secondary N) is 1. The monoisotopic (exact) mass is 280 g/mol. The van der Waals surface area contributed by atoms with Gasteiger partial charge in [0.1, 0.15) is 11.3 Å². The number of amides is 1. The van der Waals surface area contributed by atoms with E-state index in [1.165, 1.54) is 7.11 Å². The van der Waals surface area contributed by atoms with Crippen LogP contribution in [0.2, 0.25) is 0 Å². The van der Waals surface area contributed by atoms with Crippen molar-refractivity contribution in [2.75, 3.05) is 26.0 Å². The number of carbonyl (C=O) groups is 1. The average Bonchev–Trinajstić information content (AvgIpc) is 2.42. The summed E-state index contributed by atoms with van der Waals surface area (Å²) in [7, 11) is 1.51. The van der Waals surface area contributed by atoms with Gasteiger partial charge in [-0.2, -0.15) is 0 Å². The maximum Gasteiger partial charge on any atom is 0.257 e. The summed E-state index contributed by atoms with van der Waals surface area (Å²) >= 11 is 0. The summed E-state index contributed by atoms with van der Waals surface area (Å²) in [4.78, 5) is 12.2. The lowest BCUT2D eigenvalue weighted by Gasteiger charge is -2.25. The fraction of sp³-hybridized carbons (Fsp3) is 0.533. The topological polar surface area (TPSA) is 84.6 Å². The van der Waals surface area contributed by atoms with Crippen molar-refractivity contribution in [3.05, 3.63) is 23.8 Å². The van der Waals surface area contributed by atoms with E-state index in [0.717, 1.165) is 12.8 Å². The summed E-state index contributed by atoms with van der Waals surface area (Å²) < 4.78 is 5.17. The molecule has 0 saturated heterocycles. The summed E-state index contributed by atoms with van der Waals surface area (Å²) in [6.45, 7) is 4.78. The second-order valence-corrected chi connectivity index (χ2v) is 5.60. The van der Waals surface area contributed by atoms with Crippen LogP contribution in [0.15, 0.2) is 18.2 Å². The third-order valence-electron chi connectivity index (χ3n) is 3.24. The molecule has 0 saturated carbocycles. The molecule has 4 N–H and O–H groups in total. The van der Waals surface area contributed by atoms with E-state index in [0.29, 0.717) is 23.5 Å². The van der Waals surface area contributed by atoms with E-state index in [1.807, 2.05) is 0 Å². The van der Waals surface area contributed by atoms with Gasteiger partial charge in [0.05, 0.1) is 7.11 Å². The van der Waals surface area contributed by atoms with E-state index in [4.69, 9.17) is 15.6 Å². The molecule has 112 valence electrons. The number of anilines is 1. The van der Waals surface area contributed by atoms with Crippen molar-refractivity contribution < 1.29 is 14.6 Å². The Labute approximate surface area is 120 Å². The Morgan fingerprint density at radius 1 is 1.45 bits per heavy atom. The van der Waals surface area contributed by atoms with Crippen LogP contribution in [0.4, 0.5) is 5.69 Å². The first-order valence-electron chi connectivity index (χ1n) is 6.73. The van der Waals surface area contributed by atoms with Crippen molar-refractivity contribution in [2.24, 2.45) is 5.41 Å². The van der Waals surface area contributed by atoms with Crippen LogP contribution in [0.5, 0.6) is 5.75 Å². The van der Waals surface area contributed by atoms with Gasteiger partial charge in [-0.05, 0) is 30.4 Å². The third-order valence-corrected chi connectivity index (χ3v) is 3.24. The highest BCUT2D eigenvalue weighted by Gasteiger charge is 2.21. The molecule has 0 unspecified atom stereocenters. The summed E-state index contributed by atoms with van der Waals surface area (Å²) in [5, 5.41) is 11.8. The Morgan fingerprint density at radius 3 is 2.75 bits per heavy atom. The van der Waals surface area contributed by atoms with Crippen molar-refractivity contribution in [1.29, 1.82) is 0 Å². The highest BCUT2D eigenvalue weighted by Crippen LogP contribution is 2.25. The van der Waals surface area contributed by atoms with Gasteiger partial charge in [0.25, 0.3) is 5.91 Å². The molecule has 5 heteroatoms. The van der Waals surface area contributed by atoms with E-state index in [1.54, 1.807) is 18.2 Å². The minimum absolute atomic E-state index is 0.0742. The first kappa shape index (κ1) is 16.3. The molecule has 0 aliphatic heterocycles. The lowest BCUT2D eigenvalue weighted by Crippen LogP contribution is -2.34. The van der Waals surface area contributed by atoms with Gasteiger partial charge >= 0.3 is 0 Å². The van der Waals surface area contributed by atoms with Crippen LogP contribution in [0.25, 0.3) is 0 Å². The average molecular weight is 280 g/mol. The fourth-order valence-corrected chi connectivity index (χ4v) is 2.02. The van der Waals surface area contributed by atoms with Crippen LogP contribution >= 0.6 is 0 Å². The van der Waals surface area contributed by atoms with E-state index >= 15 is 0 Å². The maximum atomic E-state index is 12.2. The Bertz CT molecular complexity index is 458. The van der Waals surface area contributed by atoms with Gasteiger partial charge in [-0.15, -0.1) is 0 Å². The first-order chi connectivity index (χ1) is 9.41. The van der Waals surface area contributed by atoms with Crippen molar-refractivity contribution in [3.63, 3.8) is 0 Å². The maximum absolute atomic E-state index is 12.2. The van der Waals surface area contributed by atoms with E-state index < -0.39 is 0 Å². The van der Waals surface area contributed by atoms with Crippen molar-refractivity contribution in [2.45, 2.75) is 26.7 Å². The van der Waals surface area contributed by atoms with Gasteiger partial charge in [0.15, 0.2) is 0 Å². The number of nitrogens with two attached hydrogens (primary N) is 1. The van der Waals surface area contributed by atoms with Crippen molar-refractivity contribution >= 4 is 11.6 Å². The van der Waals surface area contributed by atoms with Crippen LogP contribution in [0.1, 0.15) is 37.0 Å². The molecule has 1 aromatic carbocycles. The summed E-state index contributed by atoms with van der Waals surface area (Å²) in [6, 6.07) is 5.13. The second-order valence-electron chi connectivity index (χ2n) is 5.60. The number of ether oxygens (including phenoxy) is 1. The zero-order valence-corrected chi connectivity index (χ0v) is 12.4. The molecule has 0 radical (unpaired) electrons. The molecule has 1 rings (SSSR count). The quantitative estimate of drug-likeness (QED) is 0.665. The lowest BCUT2D eigenvalue weighted by molar-refractivity contribution is 0.0931. The SMILES string of the molecule is COc1cccc(N)c1C(=O)NCC(C)(C)CCCO. The van der Waals surface area contributed by atoms with E-state index in [9.17, 15) is 4.79 Å². The van der Waals surface area contributed by atoms with Crippen LogP contribution in [-0.4, -0.2) is 31.3 Å². The van der Waals surface area contributed by atoms with Gasteiger partial charge in [0, 0.05) is 18.8 Å². The number of hydrogen-bond acceptors (Lipinski definition) is 4. The van der Waals surface area contributed by atoms with E-state index in [-0.39, 0.29) is 17.9 Å². The van der Waals surface area contributed by atoms with Crippen LogP contribution < -0.4 is 15.8 Å². The summed E-state index contributed by atoms with van der Waals surface area (Å²) in [5.41, 5.74) is 6.54. The zero-order chi connectivity index (χ0) is 15.2. The minimum atomic E-state index is -0.239. The highest BCUT2D eigenvalue weighted by molar-refractivity contribution is 6.01. The van der Waals surface area contributed by atoms with Crippen molar-refractivity contribution in [3.8, 4) is 5.75 Å². The first-order valence-corrected chi connectivity index (χ1v) is 6.73. The number of hydrogen-bond donors (Lipinski definition) is 3. The number of carbonyl (C=O) groups excluding carboxylic acids is 1. The smallest absolute Gasteiger partial charge is 0.257 e. The number of rotatable bonds is 7. The van der Waals surface area contributed by atoms with E-state index in [2.05, 4.69) is 19.2 Å². The van der Waals surface area contributed by atoms with Gasteiger partial charge in [-0.25, -0.2) is 0 Å². The zero-order valence-electron chi connectivity index (χ0n) is 12.4. The normalized spacial score (nSPS) is 11.2. The number of benzene rings is 1. The Balaban J connectivity index is 2.73. The minimum Gasteiger partial charge on any atom is -0.496 e. The van der Waals surface area contributed by atoms with Gasteiger partial charge in [0.2, 0.25) is 0 Å².